The molecule has 0 bridgehead atoms. The third-order valence-electron chi connectivity index (χ3n) is 3.27. The van der Waals surface area contributed by atoms with E-state index in [0.29, 0.717) is 11.0 Å². The second kappa shape index (κ2) is 6.15. The highest BCUT2D eigenvalue weighted by Gasteiger charge is 2.15. The van der Waals surface area contributed by atoms with Crippen molar-refractivity contribution in [1.29, 1.82) is 0 Å². The van der Waals surface area contributed by atoms with Crippen molar-refractivity contribution in [2.75, 3.05) is 6.26 Å². The van der Waals surface area contributed by atoms with E-state index in [1.54, 1.807) is 12.1 Å². The average Bonchev–Trinajstić information content (AvgIpc) is 2.99. The van der Waals surface area contributed by atoms with Gasteiger partial charge in [0.1, 0.15) is 0 Å². The smallest absolute Gasteiger partial charge is 0.238 e. The van der Waals surface area contributed by atoms with E-state index in [1.807, 2.05) is 41.2 Å². The largest absolute Gasteiger partial charge is 0.270 e. The molecule has 0 saturated heterocycles. The number of benzene rings is 2. The minimum Gasteiger partial charge on any atom is -0.270 e. The van der Waals surface area contributed by atoms with E-state index in [-0.39, 0.29) is 4.90 Å². The van der Waals surface area contributed by atoms with Crippen LogP contribution < -0.4 is 5.14 Å². The molecule has 1 aromatic heterocycles. The van der Waals surface area contributed by atoms with Gasteiger partial charge in [-0.2, -0.15) is 0 Å². The summed E-state index contributed by atoms with van der Waals surface area (Å²) in [4.78, 5) is 0.0706. The molecule has 6 nitrogen and oxygen atoms in total. The Labute approximate surface area is 138 Å². The summed E-state index contributed by atoms with van der Waals surface area (Å²) in [6, 6.07) is 16.0. The van der Waals surface area contributed by atoms with Crippen molar-refractivity contribution in [2.45, 2.75) is 10.1 Å². The Morgan fingerprint density at radius 2 is 1.65 bits per heavy atom. The number of hydrogen-bond acceptors (Lipinski definition) is 5. The third-order valence-corrected chi connectivity index (χ3v) is 4.83. The molecule has 8 heteroatoms. The van der Waals surface area contributed by atoms with Gasteiger partial charge in [-0.05, 0) is 30.5 Å². The fourth-order valence-corrected chi connectivity index (χ4v) is 3.21. The van der Waals surface area contributed by atoms with Crippen LogP contribution in [0.1, 0.15) is 0 Å². The molecule has 2 N–H and O–H groups in total. The number of sulfonamides is 1. The molecule has 0 aliphatic carbocycles. The van der Waals surface area contributed by atoms with Crippen molar-refractivity contribution >= 4 is 21.8 Å². The Balaban J connectivity index is 2.14. The first-order valence-corrected chi connectivity index (χ1v) is 9.46. The predicted molar refractivity (Wildman–Crippen MR) is 89.9 cm³/mol. The summed E-state index contributed by atoms with van der Waals surface area (Å²) in [6.07, 6.45) is 1.91. The number of nitrogens with zero attached hydrogens (tertiary/aromatic N) is 3. The zero-order valence-corrected chi connectivity index (χ0v) is 13.9. The van der Waals surface area contributed by atoms with Gasteiger partial charge in [0.2, 0.25) is 10.0 Å². The summed E-state index contributed by atoms with van der Waals surface area (Å²) in [7, 11) is -3.71. The summed E-state index contributed by atoms with van der Waals surface area (Å²) in [5.74, 6) is 0.693. The van der Waals surface area contributed by atoms with Crippen LogP contribution in [0.15, 0.2) is 64.6 Å². The lowest BCUT2D eigenvalue weighted by Crippen LogP contribution is -2.12. The Hall–Kier alpha value is -2.16. The number of aromatic nitrogens is 3. The van der Waals surface area contributed by atoms with Gasteiger partial charge in [0.05, 0.1) is 4.90 Å². The molecule has 0 atom stereocenters. The summed E-state index contributed by atoms with van der Waals surface area (Å²) in [5, 5.41) is 14.3. The van der Waals surface area contributed by atoms with Gasteiger partial charge in [-0.3, -0.25) is 4.57 Å². The second-order valence-electron chi connectivity index (χ2n) is 4.75. The van der Waals surface area contributed by atoms with Crippen molar-refractivity contribution in [1.82, 2.24) is 14.8 Å². The van der Waals surface area contributed by atoms with Gasteiger partial charge in [-0.25, -0.2) is 13.6 Å². The molecular weight excluding hydrogens is 332 g/mol. The standard InChI is InChI=1S/C15H14N4O2S2/c1-22-15-18-17-14(11-5-3-2-4-6-11)19(15)12-7-9-13(10-8-12)23(16,20)21/h2-10H,1H3,(H2,16,20,21). The van der Waals surface area contributed by atoms with Crippen LogP contribution >= 0.6 is 11.8 Å². The first kappa shape index (κ1) is 15.7. The van der Waals surface area contributed by atoms with Crippen LogP contribution in [-0.4, -0.2) is 29.4 Å². The Kier molecular flexibility index (Phi) is 4.20. The highest BCUT2D eigenvalue weighted by molar-refractivity contribution is 7.98. The predicted octanol–water partition coefficient (Wildman–Crippen LogP) is 2.30. The van der Waals surface area contributed by atoms with Crippen LogP contribution in [0.25, 0.3) is 17.1 Å². The lowest BCUT2D eigenvalue weighted by molar-refractivity contribution is 0.598. The van der Waals surface area contributed by atoms with Crippen LogP contribution in [-0.2, 0) is 10.0 Å². The number of thioether (sulfide) groups is 1. The molecule has 23 heavy (non-hydrogen) atoms. The number of primary sulfonamides is 1. The topological polar surface area (TPSA) is 90.9 Å². The van der Waals surface area contributed by atoms with Crippen molar-refractivity contribution in [3.8, 4) is 17.1 Å². The maximum Gasteiger partial charge on any atom is 0.238 e. The van der Waals surface area contributed by atoms with E-state index < -0.39 is 10.0 Å². The lowest BCUT2D eigenvalue weighted by Gasteiger charge is -2.10. The van der Waals surface area contributed by atoms with E-state index in [1.165, 1.54) is 23.9 Å². The molecule has 0 amide bonds. The van der Waals surface area contributed by atoms with Crippen molar-refractivity contribution in [3.63, 3.8) is 0 Å². The van der Waals surface area contributed by atoms with Gasteiger partial charge >= 0.3 is 0 Å². The van der Waals surface area contributed by atoms with Gasteiger partial charge in [0.15, 0.2) is 11.0 Å². The van der Waals surface area contributed by atoms with Gasteiger partial charge < -0.3 is 0 Å². The van der Waals surface area contributed by atoms with Gasteiger partial charge in [0, 0.05) is 11.3 Å². The SMILES string of the molecule is CSc1nnc(-c2ccccc2)n1-c1ccc(S(N)(=O)=O)cc1. The van der Waals surface area contributed by atoms with E-state index in [9.17, 15) is 8.42 Å². The Morgan fingerprint density at radius 1 is 1.00 bits per heavy atom. The van der Waals surface area contributed by atoms with E-state index in [2.05, 4.69) is 10.2 Å². The monoisotopic (exact) mass is 346 g/mol. The average molecular weight is 346 g/mol. The first-order valence-electron chi connectivity index (χ1n) is 6.69. The van der Waals surface area contributed by atoms with Gasteiger partial charge in [-0.1, -0.05) is 42.1 Å². The van der Waals surface area contributed by atoms with Crippen molar-refractivity contribution < 1.29 is 8.42 Å². The lowest BCUT2D eigenvalue weighted by atomic mass is 10.2. The molecule has 0 radical (unpaired) electrons. The summed E-state index contributed by atoms with van der Waals surface area (Å²) >= 11 is 1.46. The van der Waals surface area contributed by atoms with Crippen LogP contribution in [0.5, 0.6) is 0 Å². The highest BCUT2D eigenvalue weighted by atomic mass is 32.2. The van der Waals surface area contributed by atoms with Crippen LogP contribution in [0, 0.1) is 0 Å². The Bertz CT molecular complexity index is 920. The molecule has 118 valence electrons. The fourth-order valence-electron chi connectivity index (χ4n) is 2.19. The summed E-state index contributed by atoms with van der Waals surface area (Å²) in [6.45, 7) is 0. The molecule has 3 aromatic rings. The highest BCUT2D eigenvalue weighted by Crippen LogP contribution is 2.27. The number of rotatable bonds is 4. The normalized spacial score (nSPS) is 11.6. The zero-order chi connectivity index (χ0) is 16.4. The fraction of sp³-hybridized carbons (Fsp3) is 0.0667. The van der Waals surface area contributed by atoms with E-state index >= 15 is 0 Å². The molecule has 3 rings (SSSR count). The molecule has 0 spiro atoms. The zero-order valence-electron chi connectivity index (χ0n) is 12.2. The maximum absolute atomic E-state index is 11.4. The summed E-state index contributed by atoms with van der Waals surface area (Å²) in [5.41, 5.74) is 1.70. The van der Waals surface area contributed by atoms with Crippen molar-refractivity contribution in [3.05, 3.63) is 54.6 Å². The minimum absolute atomic E-state index is 0.0706. The molecule has 0 aliphatic heterocycles. The van der Waals surface area contributed by atoms with Crippen molar-refractivity contribution in [2.24, 2.45) is 5.14 Å². The molecule has 2 aromatic carbocycles. The minimum atomic E-state index is -3.71. The molecule has 0 unspecified atom stereocenters. The maximum atomic E-state index is 11.4. The molecule has 0 saturated carbocycles. The van der Waals surface area contributed by atoms with E-state index in [4.69, 9.17) is 5.14 Å². The first-order chi connectivity index (χ1) is 11.0. The molecule has 0 fully saturated rings. The van der Waals surface area contributed by atoms with Gasteiger partial charge in [-0.15, -0.1) is 10.2 Å². The molecule has 0 aliphatic rings. The van der Waals surface area contributed by atoms with Crippen LogP contribution in [0.2, 0.25) is 0 Å². The summed E-state index contributed by atoms with van der Waals surface area (Å²) < 4.78 is 24.7. The van der Waals surface area contributed by atoms with Gasteiger partial charge in [0.25, 0.3) is 0 Å². The second-order valence-corrected chi connectivity index (χ2v) is 7.09. The van der Waals surface area contributed by atoms with Crippen LogP contribution in [0.3, 0.4) is 0 Å². The molecule has 1 heterocycles. The van der Waals surface area contributed by atoms with Crippen LogP contribution in [0.4, 0.5) is 0 Å². The van der Waals surface area contributed by atoms with E-state index in [0.717, 1.165) is 11.3 Å². The number of nitrogens with two attached hydrogens (primary N) is 1. The Morgan fingerprint density at radius 3 is 2.22 bits per heavy atom. The quantitative estimate of drug-likeness (QED) is 0.732. The molecular formula is C15H14N4O2S2. The third kappa shape index (κ3) is 3.14. The number of hydrogen-bond donors (Lipinski definition) is 1.